The van der Waals surface area contributed by atoms with E-state index in [-0.39, 0.29) is 17.4 Å². The number of H-pyrrole nitrogens is 1. The van der Waals surface area contributed by atoms with E-state index < -0.39 is 0 Å². The van der Waals surface area contributed by atoms with Gasteiger partial charge in [-0.15, -0.1) is 11.3 Å². The molecule has 11 heteroatoms. The maximum absolute atomic E-state index is 12.6. The third kappa shape index (κ3) is 5.31. The van der Waals surface area contributed by atoms with E-state index in [2.05, 4.69) is 30.2 Å². The molecule has 0 bridgehead atoms. The van der Waals surface area contributed by atoms with Gasteiger partial charge in [0.25, 0.3) is 5.91 Å². The van der Waals surface area contributed by atoms with Crippen molar-refractivity contribution in [2.45, 2.75) is 12.8 Å². The Morgan fingerprint density at radius 2 is 1.90 bits per heavy atom. The third-order valence-corrected chi connectivity index (χ3v) is 5.69. The zero-order valence-electron chi connectivity index (χ0n) is 16.7. The van der Waals surface area contributed by atoms with Crippen molar-refractivity contribution in [3.05, 3.63) is 63.8 Å². The number of piperazine rings is 1. The molecule has 10 nitrogen and oxygen atoms in total. The summed E-state index contributed by atoms with van der Waals surface area (Å²) in [6, 6.07) is 4.52. The van der Waals surface area contributed by atoms with Gasteiger partial charge in [0.2, 0.25) is 17.4 Å². The molecule has 0 atom stereocenters. The quantitative estimate of drug-likeness (QED) is 0.590. The van der Waals surface area contributed by atoms with Gasteiger partial charge in [0.15, 0.2) is 5.13 Å². The lowest BCUT2D eigenvalue weighted by Crippen LogP contribution is -2.49. The molecule has 3 aromatic rings. The lowest BCUT2D eigenvalue weighted by atomic mass is 10.2. The largest absolute Gasteiger partial charge is 0.339 e. The van der Waals surface area contributed by atoms with E-state index in [1.54, 1.807) is 18.5 Å². The predicted octanol–water partition coefficient (Wildman–Crippen LogP) is 1.16. The van der Waals surface area contributed by atoms with Crippen LogP contribution in [0.3, 0.4) is 0 Å². The smallest absolute Gasteiger partial charge is 0.258 e. The number of aryl methyl sites for hydroxylation is 1. The molecule has 1 fully saturated rings. The zero-order valence-corrected chi connectivity index (χ0v) is 17.5. The van der Waals surface area contributed by atoms with Crippen LogP contribution in [0, 0.1) is 0 Å². The van der Waals surface area contributed by atoms with Crippen LogP contribution in [0.1, 0.15) is 22.5 Å². The summed E-state index contributed by atoms with van der Waals surface area (Å²) in [6.07, 6.45) is 5.65. The summed E-state index contributed by atoms with van der Waals surface area (Å²) >= 11 is 1.30. The Labute approximate surface area is 182 Å². The number of nitrogens with zero attached hydrogens (tertiary/aromatic N) is 5. The highest BCUT2D eigenvalue weighted by molar-refractivity contribution is 7.14. The first kappa shape index (κ1) is 20.7. The summed E-state index contributed by atoms with van der Waals surface area (Å²) in [5.74, 6) is 0.419. The van der Waals surface area contributed by atoms with Gasteiger partial charge < -0.3 is 14.8 Å². The zero-order chi connectivity index (χ0) is 21.6. The maximum Gasteiger partial charge on any atom is 0.258 e. The minimum atomic E-state index is -0.353. The number of pyridine rings is 1. The van der Waals surface area contributed by atoms with E-state index in [9.17, 15) is 14.4 Å². The highest BCUT2D eigenvalue weighted by atomic mass is 32.1. The molecule has 0 aromatic carbocycles. The van der Waals surface area contributed by atoms with Gasteiger partial charge in [-0.05, 0) is 18.6 Å². The van der Waals surface area contributed by atoms with Crippen LogP contribution in [-0.2, 0) is 11.2 Å². The number of hydrogen-bond acceptors (Lipinski definition) is 8. The second kappa shape index (κ2) is 9.47. The summed E-state index contributed by atoms with van der Waals surface area (Å²) in [6.45, 7) is 2.67. The number of nitrogens with one attached hydrogen (secondary N) is 2. The number of hydrogen-bond donors (Lipinski definition) is 2. The fraction of sp³-hybridized carbons (Fsp3) is 0.300. The first-order valence-corrected chi connectivity index (χ1v) is 10.7. The van der Waals surface area contributed by atoms with Crippen LogP contribution in [0.2, 0.25) is 0 Å². The van der Waals surface area contributed by atoms with Crippen molar-refractivity contribution in [2.24, 2.45) is 0 Å². The molecule has 2 N–H and O–H groups in total. The Morgan fingerprint density at radius 1 is 1.13 bits per heavy atom. The number of anilines is 2. The summed E-state index contributed by atoms with van der Waals surface area (Å²) in [5, 5.41) is 4.99. The molecule has 0 saturated carbocycles. The Balaban J connectivity index is 1.24. The average molecular weight is 440 g/mol. The van der Waals surface area contributed by atoms with Gasteiger partial charge in [0, 0.05) is 62.6 Å². The summed E-state index contributed by atoms with van der Waals surface area (Å²) in [7, 11) is 0. The topological polar surface area (TPSA) is 124 Å². The van der Waals surface area contributed by atoms with Crippen molar-refractivity contribution in [2.75, 3.05) is 36.4 Å². The fourth-order valence-corrected chi connectivity index (χ4v) is 3.94. The normalized spacial score (nSPS) is 13.8. The highest BCUT2D eigenvalue weighted by Crippen LogP contribution is 2.18. The van der Waals surface area contributed by atoms with Crippen molar-refractivity contribution in [1.29, 1.82) is 0 Å². The van der Waals surface area contributed by atoms with Gasteiger partial charge in [0.1, 0.15) is 0 Å². The monoisotopic (exact) mass is 439 g/mol. The van der Waals surface area contributed by atoms with Crippen LogP contribution in [-0.4, -0.2) is 62.8 Å². The van der Waals surface area contributed by atoms with Gasteiger partial charge in [-0.2, -0.15) is 0 Å². The predicted molar refractivity (Wildman–Crippen MR) is 116 cm³/mol. The molecule has 160 valence electrons. The molecule has 2 amide bonds. The summed E-state index contributed by atoms with van der Waals surface area (Å²) < 4.78 is 0. The van der Waals surface area contributed by atoms with Crippen LogP contribution < -0.4 is 15.8 Å². The highest BCUT2D eigenvalue weighted by Gasteiger charge is 2.22. The average Bonchev–Trinajstić information content (AvgIpc) is 3.26. The van der Waals surface area contributed by atoms with Crippen molar-refractivity contribution in [3.8, 4) is 0 Å². The van der Waals surface area contributed by atoms with Gasteiger partial charge in [-0.3, -0.25) is 19.7 Å². The lowest BCUT2D eigenvalue weighted by molar-refractivity contribution is -0.131. The van der Waals surface area contributed by atoms with Crippen LogP contribution in [0.15, 0.2) is 47.0 Å². The van der Waals surface area contributed by atoms with Crippen LogP contribution in [0.4, 0.5) is 11.1 Å². The number of aromatic amines is 1. The van der Waals surface area contributed by atoms with E-state index in [0.29, 0.717) is 55.7 Å². The lowest BCUT2D eigenvalue weighted by Gasteiger charge is -2.34. The van der Waals surface area contributed by atoms with Crippen LogP contribution in [0.5, 0.6) is 0 Å². The molecule has 4 rings (SSSR count). The van der Waals surface area contributed by atoms with E-state index in [1.807, 2.05) is 10.3 Å². The first-order valence-electron chi connectivity index (χ1n) is 9.83. The molecule has 1 aliphatic heterocycles. The molecule has 1 aliphatic rings. The molecule has 0 unspecified atom stereocenters. The van der Waals surface area contributed by atoms with Gasteiger partial charge >= 0.3 is 0 Å². The maximum atomic E-state index is 12.6. The molecule has 0 radical (unpaired) electrons. The Hall–Kier alpha value is -3.60. The minimum Gasteiger partial charge on any atom is -0.339 e. The minimum absolute atomic E-state index is 0.0838. The molecule has 3 aromatic heterocycles. The van der Waals surface area contributed by atoms with E-state index >= 15 is 0 Å². The molecular weight excluding hydrogens is 418 g/mol. The number of thiazole rings is 1. The molecule has 4 heterocycles. The first-order chi connectivity index (χ1) is 15.1. The fourth-order valence-electron chi connectivity index (χ4n) is 3.20. The second-order valence-corrected chi connectivity index (χ2v) is 7.81. The van der Waals surface area contributed by atoms with Crippen molar-refractivity contribution < 1.29 is 9.59 Å². The molecule has 0 spiro atoms. The molecular formula is C20H21N7O3S. The number of carbonyl (C=O) groups excluding carboxylic acids is 2. The Kier molecular flexibility index (Phi) is 6.32. The second-order valence-electron chi connectivity index (χ2n) is 6.96. The summed E-state index contributed by atoms with van der Waals surface area (Å²) in [4.78, 5) is 55.1. The van der Waals surface area contributed by atoms with Gasteiger partial charge in [-0.1, -0.05) is 0 Å². The number of amides is 2. The van der Waals surface area contributed by atoms with Crippen molar-refractivity contribution in [1.82, 2.24) is 24.8 Å². The standard InChI is InChI=1S/C20H21N7O3S/c28-16-4-2-14(12-23-16)18(30)25-20-24-15(13-31-20)3-5-17(29)26-8-10-27(11-9-26)19-21-6-1-7-22-19/h1-2,4,6-7,12-13H,3,5,8-11H2,(H,23,28)(H,24,25,30). The van der Waals surface area contributed by atoms with Gasteiger partial charge in [0.05, 0.1) is 11.3 Å². The molecule has 0 aliphatic carbocycles. The number of aromatic nitrogens is 4. The SMILES string of the molecule is O=C(Nc1nc(CCC(=O)N2CCN(c3ncccn3)CC2)cs1)c1ccc(=O)[nH]c1. The summed E-state index contributed by atoms with van der Waals surface area (Å²) in [5.41, 5.74) is 0.825. The third-order valence-electron chi connectivity index (χ3n) is 4.88. The van der Waals surface area contributed by atoms with Crippen molar-refractivity contribution in [3.63, 3.8) is 0 Å². The van der Waals surface area contributed by atoms with Crippen molar-refractivity contribution >= 4 is 34.2 Å². The molecule has 1 saturated heterocycles. The van der Waals surface area contributed by atoms with Gasteiger partial charge in [-0.25, -0.2) is 15.0 Å². The number of rotatable bonds is 6. The van der Waals surface area contributed by atoms with E-state index in [1.165, 1.54) is 29.7 Å². The van der Waals surface area contributed by atoms with Crippen LogP contribution in [0.25, 0.3) is 0 Å². The van der Waals surface area contributed by atoms with E-state index in [4.69, 9.17) is 0 Å². The number of carbonyl (C=O) groups is 2. The Bertz CT molecular complexity index is 1090. The van der Waals surface area contributed by atoms with E-state index in [0.717, 1.165) is 5.69 Å². The van der Waals surface area contributed by atoms with Crippen LogP contribution >= 0.6 is 11.3 Å². The molecule has 31 heavy (non-hydrogen) atoms. The Morgan fingerprint density at radius 3 is 2.61 bits per heavy atom.